The number of methoxy groups -OCH3 is 1. The van der Waals surface area contributed by atoms with E-state index >= 15 is 0 Å². The van der Waals surface area contributed by atoms with Gasteiger partial charge < -0.3 is 10.5 Å². The molecule has 0 atom stereocenters. The highest BCUT2D eigenvalue weighted by Gasteiger charge is 2.19. The van der Waals surface area contributed by atoms with Gasteiger partial charge in [-0.05, 0) is 29.7 Å². The fourth-order valence-corrected chi connectivity index (χ4v) is 2.82. The molecule has 1 aliphatic rings. The van der Waals surface area contributed by atoms with E-state index in [0.29, 0.717) is 17.9 Å². The number of benzene rings is 2. The van der Waals surface area contributed by atoms with Crippen molar-refractivity contribution in [1.82, 2.24) is 4.90 Å². The minimum atomic E-state index is -0.221. The molecule has 2 aromatic carbocycles. The monoisotopic (exact) mass is 286 g/mol. The van der Waals surface area contributed by atoms with E-state index in [-0.39, 0.29) is 5.82 Å². The minimum Gasteiger partial charge on any atom is -0.497 e. The molecule has 1 aliphatic heterocycles. The van der Waals surface area contributed by atoms with Crippen LogP contribution < -0.4 is 10.5 Å². The molecule has 0 spiro atoms. The van der Waals surface area contributed by atoms with Crippen molar-refractivity contribution in [2.75, 3.05) is 19.4 Å². The molecule has 1 heterocycles. The van der Waals surface area contributed by atoms with Gasteiger partial charge in [-0.25, -0.2) is 4.39 Å². The van der Waals surface area contributed by atoms with Gasteiger partial charge in [0.25, 0.3) is 0 Å². The Morgan fingerprint density at radius 3 is 2.90 bits per heavy atom. The zero-order valence-corrected chi connectivity index (χ0v) is 12.1. The standard InChI is InChI=1S/C17H19FN2O/c1-21-14-6-5-13(16(18)9-14)10-20-8-7-12-3-2-4-17(19)15(12)11-20/h2-6,9H,7-8,10-11,19H2,1H3. The summed E-state index contributed by atoms with van der Waals surface area (Å²) in [6.45, 7) is 2.28. The van der Waals surface area contributed by atoms with Crippen LogP contribution in [0.1, 0.15) is 16.7 Å². The largest absolute Gasteiger partial charge is 0.497 e. The molecule has 0 radical (unpaired) electrons. The fourth-order valence-electron chi connectivity index (χ4n) is 2.82. The number of ether oxygens (including phenoxy) is 1. The molecule has 4 heteroatoms. The zero-order valence-electron chi connectivity index (χ0n) is 12.1. The van der Waals surface area contributed by atoms with E-state index < -0.39 is 0 Å². The third-order valence-corrected chi connectivity index (χ3v) is 4.04. The van der Waals surface area contributed by atoms with E-state index in [4.69, 9.17) is 10.5 Å². The van der Waals surface area contributed by atoms with Crippen molar-refractivity contribution in [2.24, 2.45) is 0 Å². The van der Waals surface area contributed by atoms with Crippen LogP contribution in [0.15, 0.2) is 36.4 Å². The van der Waals surface area contributed by atoms with Gasteiger partial charge in [-0.2, -0.15) is 0 Å². The molecule has 0 saturated carbocycles. The molecule has 3 nitrogen and oxygen atoms in total. The lowest BCUT2D eigenvalue weighted by Gasteiger charge is -2.29. The molecule has 2 N–H and O–H groups in total. The van der Waals surface area contributed by atoms with Gasteiger partial charge in [0, 0.05) is 37.0 Å². The molecule has 110 valence electrons. The molecule has 0 aliphatic carbocycles. The summed E-state index contributed by atoms with van der Waals surface area (Å²) < 4.78 is 19.1. The second-order valence-corrected chi connectivity index (χ2v) is 5.40. The van der Waals surface area contributed by atoms with Crippen molar-refractivity contribution < 1.29 is 9.13 Å². The lowest BCUT2D eigenvalue weighted by atomic mass is 9.98. The predicted octanol–water partition coefficient (Wildman–Crippen LogP) is 2.97. The Kier molecular flexibility index (Phi) is 3.80. The molecule has 3 rings (SSSR count). The maximum Gasteiger partial charge on any atom is 0.131 e. The number of hydrogen-bond acceptors (Lipinski definition) is 3. The van der Waals surface area contributed by atoms with Gasteiger partial charge in [0.15, 0.2) is 0 Å². The van der Waals surface area contributed by atoms with E-state index in [9.17, 15) is 4.39 Å². The molecule has 0 aromatic heterocycles. The van der Waals surface area contributed by atoms with Crippen LogP contribution in [0, 0.1) is 5.82 Å². The van der Waals surface area contributed by atoms with Crippen LogP contribution in [0.25, 0.3) is 0 Å². The SMILES string of the molecule is COc1ccc(CN2CCc3cccc(N)c3C2)c(F)c1. The maximum absolute atomic E-state index is 14.0. The van der Waals surface area contributed by atoms with Gasteiger partial charge in [0.2, 0.25) is 0 Å². The van der Waals surface area contributed by atoms with Crippen molar-refractivity contribution in [2.45, 2.75) is 19.5 Å². The molecule has 0 amide bonds. The summed E-state index contributed by atoms with van der Waals surface area (Å²) in [5, 5.41) is 0. The molecule has 0 unspecified atom stereocenters. The third-order valence-electron chi connectivity index (χ3n) is 4.04. The van der Waals surface area contributed by atoms with E-state index in [2.05, 4.69) is 11.0 Å². The van der Waals surface area contributed by atoms with E-state index in [1.807, 2.05) is 12.1 Å². The number of nitrogen functional groups attached to an aromatic ring is 1. The number of fused-ring (bicyclic) bond motifs is 1. The summed E-state index contributed by atoms with van der Waals surface area (Å²) in [6, 6.07) is 11.1. The highest BCUT2D eigenvalue weighted by atomic mass is 19.1. The summed E-state index contributed by atoms with van der Waals surface area (Å²) >= 11 is 0. The van der Waals surface area contributed by atoms with Crippen molar-refractivity contribution in [3.05, 3.63) is 58.9 Å². The second-order valence-electron chi connectivity index (χ2n) is 5.40. The highest BCUT2D eigenvalue weighted by molar-refractivity contribution is 5.51. The number of nitrogens with zero attached hydrogens (tertiary/aromatic N) is 1. The third kappa shape index (κ3) is 2.85. The zero-order chi connectivity index (χ0) is 14.8. The number of halogens is 1. The van der Waals surface area contributed by atoms with Crippen LogP contribution in [0.2, 0.25) is 0 Å². The van der Waals surface area contributed by atoms with Crippen LogP contribution in [0.4, 0.5) is 10.1 Å². The molecular weight excluding hydrogens is 267 g/mol. The Labute approximate surface area is 124 Å². The summed E-state index contributed by atoms with van der Waals surface area (Å²) in [6.07, 6.45) is 0.956. The Balaban J connectivity index is 1.77. The molecule has 21 heavy (non-hydrogen) atoms. The second kappa shape index (κ2) is 5.74. The van der Waals surface area contributed by atoms with Gasteiger partial charge in [-0.15, -0.1) is 0 Å². The first-order chi connectivity index (χ1) is 10.2. The lowest BCUT2D eigenvalue weighted by Crippen LogP contribution is -2.31. The van der Waals surface area contributed by atoms with Crippen molar-refractivity contribution in [1.29, 1.82) is 0 Å². The van der Waals surface area contributed by atoms with Crippen molar-refractivity contribution in [3.8, 4) is 5.75 Å². The summed E-state index contributed by atoms with van der Waals surface area (Å²) in [4.78, 5) is 2.23. The highest BCUT2D eigenvalue weighted by Crippen LogP contribution is 2.26. The van der Waals surface area contributed by atoms with Crippen LogP contribution in [-0.2, 0) is 19.5 Å². The summed E-state index contributed by atoms with van der Waals surface area (Å²) in [5.74, 6) is 0.325. The van der Waals surface area contributed by atoms with Gasteiger partial charge in [-0.3, -0.25) is 4.90 Å². The van der Waals surface area contributed by atoms with Crippen molar-refractivity contribution >= 4 is 5.69 Å². The first-order valence-electron chi connectivity index (χ1n) is 7.08. The molecule has 0 saturated heterocycles. The molecule has 0 fully saturated rings. The quantitative estimate of drug-likeness (QED) is 0.882. The molecular formula is C17H19FN2O. The lowest BCUT2D eigenvalue weighted by molar-refractivity contribution is 0.242. The number of rotatable bonds is 3. The minimum absolute atomic E-state index is 0.221. The number of hydrogen-bond donors (Lipinski definition) is 1. The number of anilines is 1. The van der Waals surface area contributed by atoms with Crippen LogP contribution >= 0.6 is 0 Å². The first kappa shape index (κ1) is 13.9. The van der Waals surface area contributed by atoms with E-state index in [0.717, 1.165) is 25.2 Å². The average molecular weight is 286 g/mol. The summed E-state index contributed by atoms with van der Waals surface area (Å²) in [5.41, 5.74) is 10.0. The smallest absolute Gasteiger partial charge is 0.131 e. The van der Waals surface area contributed by atoms with Gasteiger partial charge in [-0.1, -0.05) is 18.2 Å². The van der Waals surface area contributed by atoms with Crippen molar-refractivity contribution in [3.63, 3.8) is 0 Å². The van der Waals surface area contributed by atoms with Crippen LogP contribution in [-0.4, -0.2) is 18.6 Å². The average Bonchev–Trinajstić information content (AvgIpc) is 2.50. The van der Waals surface area contributed by atoms with E-state index in [1.165, 1.54) is 17.2 Å². The maximum atomic E-state index is 14.0. The Morgan fingerprint density at radius 1 is 1.29 bits per heavy atom. The summed E-state index contributed by atoms with van der Waals surface area (Å²) in [7, 11) is 1.54. The van der Waals surface area contributed by atoms with E-state index in [1.54, 1.807) is 19.2 Å². The normalized spacial score (nSPS) is 14.8. The van der Waals surface area contributed by atoms with Gasteiger partial charge >= 0.3 is 0 Å². The predicted molar refractivity (Wildman–Crippen MR) is 81.6 cm³/mol. The van der Waals surface area contributed by atoms with Crippen LogP contribution in [0.3, 0.4) is 0 Å². The van der Waals surface area contributed by atoms with Gasteiger partial charge in [0.05, 0.1) is 7.11 Å². The fraction of sp³-hybridized carbons (Fsp3) is 0.294. The number of nitrogens with two attached hydrogens (primary N) is 1. The topological polar surface area (TPSA) is 38.5 Å². The Morgan fingerprint density at radius 2 is 2.14 bits per heavy atom. The van der Waals surface area contributed by atoms with Gasteiger partial charge in [0.1, 0.15) is 11.6 Å². The molecule has 0 bridgehead atoms. The first-order valence-corrected chi connectivity index (χ1v) is 7.08. The Hall–Kier alpha value is -2.07. The van der Waals surface area contributed by atoms with Crippen LogP contribution in [0.5, 0.6) is 5.75 Å². The Bertz CT molecular complexity index is 657. The molecule has 2 aromatic rings.